The van der Waals surface area contributed by atoms with Gasteiger partial charge in [-0.1, -0.05) is 12.1 Å². The van der Waals surface area contributed by atoms with Gasteiger partial charge in [0.05, 0.1) is 5.69 Å². The molecule has 1 N–H and O–H groups in total. The summed E-state index contributed by atoms with van der Waals surface area (Å²) in [6, 6.07) is 5.98. The van der Waals surface area contributed by atoms with Gasteiger partial charge in [-0.05, 0) is 51.0 Å². The van der Waals surface area contributed by atoms with Crippen LogP contribution in [0.15, 0.2) is 30.6 Å². The van der Waals surface area contributed by atoms with Crippen molar-refractivity contribution in [2.75, 3.05) is 0 Å². The Balaban J connectivity index is 2.46. The Labute approximate surface area is 110 Å². The van der Waals surface area contributed by atoms with Crippen LogP contribution in [0.1, 0.15) is 12.5 Å². The summed E-state index contributed by atoms with van der Waals surface area (Å²) >= 11 is 2.18. The molecule has 0 spiro atoms. The fraction of sp³-hybridized carbons (Fsp3) is 0.300. The van der Waals surface area contributed by atoms with Gasteiger partial charge in [0, 0.05) is 0 Å². The molecule has 2 rings (SSSR count). The third kappa shape index (κ3) is 2.25. The lowest BCUT2D eigenvalue weighted by Gasteiger charge is -2.28. The van der Waals surface area contributed by atoms with E-state index in [-0.39, 0.29) is 5.56 Å². The summed E-state index contributed by atoms with van der Waals surface area (Å²) < 4.78 is 27.9. The number of benzene rings is 1. The minimum atomic E-state index is -3.45. The maximum Gasteiger partial charge on any atom is 0.333 e. The first-order chi connectivity index (χ1) is 8.32. The van der Waals surface area contributed by atoms with Gasteiger partial charge in [-0.2, -0.15) is 8.78 Å². The highest BCUT2D eigenvalue weighted by Gasteiger charge is 2.48. The number of hydrogen-bond donors (Lipinski definition) is 1. The Morgan fingerprint density at radius 2 is 2.11 bits per heavy atom. The molecule has 0 bridgehead atoms. The summed E-state index contributed by atoms with van der Waals surface area (Å²) in [5.74, 6) is 0. The highest BCUT2D eigenvalue weighted by atomic mass is 79.9. The largest absolute Gasteiger partial charge is 0.378 e. The van der Waals surface area contributed by atoms with Crippen LogP contribution in [0.3, 0.4) is 0 Å². The fourth-order valence-corrected chi connectivity index (χ4v) is 1.62. The van der Waals surface area contributed by atoms with Crippen molar-refractivity contribution in [3.63, 3.8) is 0 Å². The lowest BCUT2D eigenvalue weighted by molar-refractivity contribution is -0.109. The van der Waals surface area contributed by atoms with Crippen molar-refractivity contribution in [1.82, 2.24) is 20.2 Å². The van der Waals surface area contributed by atoms with Crippen LogP contribution in [0.5, 0.6) is 0 Å². The quantitative estimate of drug-likeness (QED) is 0.877. The molecule has 0 saturated heterocycles. The first kappa shape index (κ1) is 13.0. The van der Waals surface area contributed by atoms with Crippen LogP contribution in [0.25, 0.3) is 5.69 Å². The van der Waals surface area contributed by atoms with Crippen molar-refractivity contribution in [3.05, 3.63) is 36.2 Å². The van der Waals surface area contributed by atoms with Crippen molar-refractivity contribution < 1.29 is 13.9 Å². The number of aliphatic hydroxyl groups is 1. The van der Waals surface area contributed by atoms with Gasteiger partial charge in [-0.3, -0.25) is 0 Å². The molecule has 96 valence electrons. The molecule has 0 fully saturated rings. The molecule has 0 aliphatic rings. The maximum atomic E-state index is 13.3. The number of hydrogen-bond acceptors (Lipinski definition) is 4. The van der Waals surface area contributed by atoms with Gasteiger partial charge in [0.2, 0.25) is 0 Å². The van der Waals surface area contributed by atoms with Gasteiger partial charge in [0.15, 0.2) is 5.60 Å². The molecule has 8 heteroatoms. The Kier molecular flexibility index (Phi) is 3.16. The minimum Gasteiger partial charge on any atom is -0.378 e. The van der Waals surface area contributed by atoms with Gasteiger partial charge in [0.1, 0.15) is 6.33 Å². The van der Waals surface area contributed by atoms with E-state index in [1.165, 1.54) is 23.1 Å². The number of halogens is 3. The Hall–Kier alpha value is -1.41. The normalized spacial score (nSPS) is 15.4. The Morgan fingerprint density at radius 3 is 2.67 bits per heavy atom. The van der Waals surface area contributed by atoms with Gasteiger partial charge < -0.3 is 5.11 Å². The lowest BCUT2D eigenvalue weighted by atomic mass is 9.96. The third-order valence-corrected chi connectivity index (χ3v) is 3.35. The molecule has 5 nitrogen and oxygen atoms in total. The second kappa shape index (κ2) is 4.36. The van der Waals surface area contributed by atoms with Gasteiger partial charge in [-0.15, -0.1) is 5.10 Å². The molecule has 18 heavy (non-hydrogen) atoms. The zero-order chi connectivity index (χ0) is 13.4. The van der Waals surface area contributed by atoms with Crippen molar-refractivity contribution in [1.29, 1.82) is 0 Å². The Morgan fingerprint density at radius 1 is 1.39 bits per heavy atom. The molecule has 1 aromatic carbocycles. The average molecular weight is 319 g/mol. The first-order valence-corrected chi connectivity index (χ1v) is 5.74. The molecule has 0 saturated carbocycles. The first-order valence-electron chi connectivity index (χ1n) is 4.95. The number of rotatable bonds is 3. The van der Waals surface area contributed by atoms with Crippen LogP contribution >= 0.6 is 15.9 Å². The standard InChI is InChI=1S/C10H9BrF2N4O/c1-9(18,10(11,12)13)7-3-2-4-8(5-7)17-6-14-15-16-17/h2-6,18H,1H3. The fourth-order valence-electron chi connectivity index (χ4n) is 1.39. The number of alkyl halides is 3. The summed E-state index contributed by atoms with van der Waals surface area (Å²) in [4.78, 5) is -3.45. The zero-order valence-corrected chi connectivity index (χ0v) is 10.8. The number of nitrogens with zero attached hydrogens (tertiary/aromatic N) is 4. The van der Waals surface area contributed by atoms with Crippen LogP contribution < -0.4 is 0 Å². The van der Waals surface area contributed by atoms with E-state index in [0.717, 1.165) is 6.92 Å². The molecule has 0 radical (unpaired) electrons. The van der Waals surface area contributed by atoms with E-state index in [1.54, 1.807) is 12.1 Å². The summed E-state index contributed by atoms with van der Waals surface area (Å²) in [5, 5.41) is 20.4. The maximum absolute atomic E-state index is 13.3. The van der Waals surface area contributed by atoms with Crippen LogP contribution in [-0.4, -0.2) is 30.1 Å². The molecule has 1 unspecified atom stereocenters. The molecule has 1 atom stereocenters. The topological polar surface area (TPSA) is 63.8 Å². The molecular weight excluding hydrogens is 310 g/mol. The summed E-state index contributed by atoms with van der Waals surface area (Å²) in [6.07, 6.45) is 1.33. The second-order valence-electron chi connectivity index (χ2n) is 3.87. The molecule has 2 aromatic rings. The molecule has 0 aliphatic carbocycles. The minimum absolute atomic E-state index is 0.0531. The van der Waals surface area contributed by atoms with Crippen LogP contribution in [0.4, 0.5) is 8.78 Å². The summed E-state index contributed by atoms with van der Waals surface area (Å²) in [6.45, 7) is 1.03. The Bertz CT molecular complexity index is 539. The zero-order valence-electron chi connectivity index (χ0n) is 9.26. The van der Waals surface area contributed by atoms with E-state index in [0.29, 0.717) is 5.69 Å². The van der Waals surface area contributed by atoms with E-state index in [4.69, 9.17) is 0 Å². The average Bonchev–Trinajstić information content (AvgIpc) is 2.81. The number of aromatic nitrogens is 4. The van der Waals surface area contributed by atoms with E-state index >= 15 is 0 Å². The predicted octanol–water partition coefficient (Wildman–Crippen LogP) is 1.86. The van der Waals surface area contributed by atoms with Crippen LogP contribution in [0, 0.1) is 0 Å². The summed E-state index contributed by atoms with van der Waals surface area (Å²) in [5.41, 5.74) is -1.80. The molecule has 1 heterocycles. The molecule has 1 aromatic heterocycles. The van der Waals surface area contributed by atoms with Crippen molar-refractivity contribution in [3.8, 4) is 5.69 Å². The lowest BCUT2D eigenvalue weighted by Crippen LogP contribution is -2.37. The van der Waals surface area contributed by atoms with Crippen LogP contribution in [0.2, 0.25) is 0 Å². The van der Waals surface area contributed by atoms with Gasteiger partial charge in [0.25, 0.3) is 0 Å². The van der Waals surface area contributed by atoms with Crippen molar-refractivity contribution >= 4 is 15.9 Å². The number of tetrazole rings is 1. The molecule has 0 aliphatic heterocycles. The monoisotopic (exact) mass is 318 g/mol. The van der Waals surface area contributed by atoms with Crippen molar-refractivity contribution in [2.24, 2.45) is 0 Å². The SMILES string of the molecule is CC(O)(c1cccc(-n2cnnn2)c1)C(F)(F)Br. The van der Waals surface area contributed by atoms with Crippen LogP contribution in [-0.2, 0) is 5.60 Å². The third-order valence-electron chi connectivity index (χ3n) is 2.57. The van der Waals surface area contributed by atoms with Gasteiger partial charge >= 0.3 is 4.83 Å². The van der Waals surface area contributed by atoms with Gasteiger partial charge in [-0.25, -0.2) is 4.68 Å². The summed E-state index contributed by atoms with van der Waals surface area (Å²) in [7, 11) is 0. The molecule has 0 amide bonds. The smallest absolute Gasteiger partial charge is 0.333 e. The highest BCUT2D eigenvalue weighted by Crippen LogP contribution is 2.42. The van der Waals surface area contributed by atoms with E-state index in [1.807, 2.05) is 0 Å². The van der Waals surface area contributed by atoms with E-state index in [9.17, 15) is 13.9 Å². The predicted molar refractivity (Wildman–Crippen MR) is 62.6 cm³/mol. The van der Waals surface area contributed by atoms with E-state index in [2.05, 4.69) is 31.5 Å². The van der Waals surface area contributed by atoms with Crippen molar-refractivity contribution in [2.45, 2.75) is 17.4 Å². The highest BCUT2D eigenvalue weighted by molar-refractivity contribution is 9.10. The molecular formula is C10H9BrF2N4O. The van der Waals surface area contributed by atoms with E-state index < -0.39 is 10.4 Å². The second-order valence-corrected chi connectivity index (χ2v) is 4.87.